The normalized spacial score (nSPS) is 12.1. The van der Waals surface area contributed by atoms with Crippen molar-refractivity contribution in [2.45, 2.75) is 25.7 Å². The number of carboxylic acid groups (broad SMARTS) is 1. The van der Waals surface area contributed by atoms with E-state index >= 15 is 0 Å². The van der Waals surface area contributed by atoms with Gasteiger partial charge in [-0.1, -0.05) is 6.07 Å². The van der Waals surface area contributed by atoms with Crippen molar-refractivity contribution >= 4 is 21.7 Å². The van der Waals surface area contributed by atoms with Crippen LogP contribution < -0.4 is 4.72 Å². The Kier molecular flexibility index (Phi) is 4.69. The molecule has 0 unspecified atom stereocenters. The Balaban J connectivity index is 3.13. The summed E-state index contributed by atoms with van der Waals surface area (Å²) >= 11 is 0. The van der Waals surface area contributed by atoms with Gasteiger partial charge in [0.25, 0.3) is 5.69 Å². The standard InChI is InChI=1S/C12H16N2O6S/c1-8-9(14(17)18)5-4-6-10(8)21(19,20)13-7-12(2,3)11(15)16/h4-6,13H,7H2,1-3H3,(H,15,16). The van der Waals surface area contributed by atoms with Crippen LogP contribution in [0, 0.1) is 22.5 Å². The predicted octanol–water partition coefficient (Wildman–Crippen LogP) is 1.29. The Morgan fingerprint density at radius 2 is 2.00 bits per heavy atom. The van der Waals surface area contributed by atoms with Gasteiger partial charge < -0.3 is 5.11 Å². The van der Waals surface area contributed by atoms with E-state index in [1.165, 1.54) is 39.0 Å². The van der Waals surface area contributed by atoms with Crippen molar-refractivity contribution in [3.05, 3.63) is 33.9 Å². The minimum Gasteiger partial charge on any atom is -0.481 e. The summed E-state index contributed by atoms with van der Waals surface area (Å²) in [7, 11) is -4.03. The van der Waals surface area contributed by atoms with Gasteiger partial charge in [-0.2, -0.15) is 0 Å². The van der Waals surface area contributed by atoms with Gasteiger partial charge >= 0.3 is 5.97 Å². The van der Waals surface area contributed by atoms with Gasteiger partial charge in [-0.15, -0.1) is 0 Å². The third kappa shape index (κ3) is 3.76. The van der Waals surface area contributed by atoms with Crippen LogP contribution in [-0.2, 0) is 14.8 Å². The molecule has 0 amide bonds. The molecule has 8 nitrogen and oxygen atoms in total. The zero-order chi connectivity index (χ0) is 16.4. The molecule has 0 saturated heterocycles. The van der Waals surface area contributed by atoms with E-state index in [2.05, 4.69) is 4.72 Å². The largest absolute Gasteiger partial charge is 0.481 e. The van der Waals surface area contributed by atoms with Gasteiger partial charge in [0, 0.05) is 18.2 Å². The van der Waals surface area contributed by atoms with E-state index in [-0.39, 0.29) is 22.7 Å². The molecule has 0 bridgehead atoms. The molecule has 1 aromatic carbocycles. The lowest BCUT2D eigenvalue weighted by Crippen LogP contribution is -2.39. The van der Waals surface area contributed by atoms with Crippen LogP contribution in [0.4, 0.5) is 5.69 Å². The molecule has 2 N–H and O–H groups in total. The van der Waals surface area contributed by atoms with Gasteiger partial charge in [0.15, 0.2) is 0 Å². The van der Waals surface area contributed by atoms with Crippen molar-refractivity contribution < 1.29 is 23.2 Å². The summed E-state index contributed by atoms with van der Waals surface area (Å²) in [4.78, 5) is 20.9. The molecule has 9 heteroatoms. The van der Waals surface area contributed by atoms with Gasteiger partial charge in [0.05, 0.1) is 15.2 Å². The minimum atomic E-state index is -4.03. The zero-order valence-electron chi connectivity index (χ0n) is 11.8. The topological polar surface area (TPSA) is 127 Å². The second-order valence-electron chi connectivity index (χ2n) is 5.17. The van der Waals surface area contributed by atoms with Gasteiger partial charge in [0.1, 0.15) is 0 Å². The van der Waals surface area contributed by atoms with Crippen molar-refractivity contribution in [3.8, 4) is 0 Å². The van der Waals surface area contributed by atoms with E-state index in [1.54, 1.807) is 0 Å². The number of aliphatic carboxylic acids is 1. The summed E-state index contributed by atoms with van der Waals surface area (Å²) < 4.78 is 26.5. The number of benzene rings is 1. The Hall–Kier alpha value is -2.00. The first kappa shape index (κ1) is 17.1. The molecule has 0 atom stereocenters. The van der Waals surface area contributed by atoms with Crippen LogP contribution in [0.1, 0.15) is 19.4 Å². The maximum Gasteiger partial charge on any atom is 0.310 e. The summed E-state index contributed by atoms with van der Waals surface area (Å²) in [6.07, 6.45) is 0. The summed E-state index contributed by atoms with van der Waals surface area (Å²) in [5.41, 5.74) is -1.60. The summed E-state index contributed by atoms with van der Waals surface area (Å²) in [6.45, 7) is 3.75. The number of nitro benzene ring substituents is 1. The lowest BCUT2D eigenvalue weighted by atomic mass is 9.95. The lowest BCUT2D eigenvalue weighted by molar-refractivity contribution is -0.385. The Labute approximate surface area is 122 Å². The summed E-state index contributed by atoms with van der Waals surface area (Å²) in [6, 6.07) is 3.70. The Bertz CT molecular complexity index is 681. The van der Waals surface area contributed by atoms with Crippen LogP contribution in [-0.4, -0.2) is 31.0 Å². The highest BCUT2D eigenvalue weighted by Crippen LogP contribution is 2.25. The van der Waals surface area contributed by atoms with E-state index in [0.717, 1.165) is 0 Å². The van der Waals surface area contributed by atoms with Crippen LogP contribution in [0.2, 0.25) is 0 Å². The first-order valence-electron chi connectivity index (χ1n) is 5.96. The van der Waals surface area contributed by atoms with Crippen molar-refractivity contribution in [1.29, 1.82) is 0 Å². The second kappa shape index (κ2) is 5.78. The van der Waals surface area contributed by atoms with Gasteiger partial charge in [-0.25, -0.2) is 13.1 Å². The van der Waals surface area contributed by atoms with E-state index in [4.69, 9.17) is 5.11 Å². The first-order valence-corrected chi connectivity index (χ1v) is 7.44. The maximum absolute atomic E-state index is 12.2. The van der Waals surface area contributed by atoms with Crippen molar-refractivity contribution in [1.82, 2.24) is 4.72 Å². The van der Waals surface area contributed by atoms with Crippen LogP contribution >= 0.6 is 0 Å². The summed E-state index contributed by atoms with van der Waals surface area (Å²) in [5.74, 6) is -1.15. The molecule has 116 valence electrons. The van der Waals surface area contributed by atoms with Crippen molar-refractivity contribution in [2.24, 2.45) is 5.41 Å². The molecule has 1 rings (SSSR count). The number of rotatable bonds is 6. The second-order valence-corrected chi connectivity index (χ2v) is 6.91. The molecule has 0 aromatic heterocycles. The first-order chi connectivity index (χ1) is 9.49. The molecule has 0 heterocycles. The molecule has 0 radical (unpaired) electrons. The number of nitrogens with zero attached hydrogens (tertiary/aromatic N) is 1. The Morgan fingerprint density at radius 1 is 1.43 bits per heavy atom. The molecule has 0 aliphatic rings. The molecule has 21 heavy (non-hydrogen) atoms. The van der Waals surface area contributed by atoms with E-state index in [9.17, 15) is 23.3 Å². The van der Waals surface area contributed by atoms with E-state index < -0.39 is 26.3 Å². The minimum absolute atomic E-state index is 0.00290. The number of carboxylic acids is 1. The van der Waals surface area contributed by atoms with Gasteiger partial charge in [-0.3, -0.25) is 14.9 Å². The monoisotopic (exact) mass is 316 g/mol. The van der Waals surface area contributed by atoms with Crippen LogP contribution in [0.3, 0.4) is 0 Å². The van der Waals surface area contributed by atoms with Crippen LogP contribution in [0.15, 0.2) is 23.1 Å². The number of hydrogen-bond acceptors (Lipinski definition) is 5. The average Bonchev–Trinajstić information content (AvgIpc) is 2.36. The summed E-state index contributed by atoms with van der Waals surface area (Å²) in [5, 5.41) is 19.8. The number of carbonyl (C=O) groups is 1. The van der Waals surface area contributed by atoms with Gasteiger partial charge in [0.2, 0.25) is 10.0 Å². The van der Waals surface area contributed by atoms with Gasteiger partial charge in [-0.05, 0) is 26.8 Å². The Morgan fingerprint density at radius 3 is 2.48 bits per heavy atom. The predicted molar refractivity (Wildman–Crippen MR) is 74.4 cm³/mol. The fourth-order valence-corrected chi connectivity index (χ4v) is 2.99. The molecular formula is C12H16N2O6S. The molecule has 1 aromatic rings. The fourth-order valence-electron chi connectivity index (χ4n) is 1.52. The molecule has 0 aliphatic heterocycles. The molecule has 0 fully saturated rings. The fraction of sp³-hybridized carbons (Fsp3) is 0.417. The smallest absolute Gasteiger partial charge is 0.310 e. The van der Waals surface area contributed by atoms with E-state index in [1.807, 2.05) is 0 Å². The highest BCUT2D eigenvalue weighted by atomic mass is 32.2. The van der Waals surface area contributed by atoms with E-state index in [0.29, 0.717) is 0 Å². The third-order valence-corrected chi connectivity index (χ3v) is 4.57. The molecule has 0 saturated carbocycles. The quantitative estimate of drug-likeness (QED) is 0.601. The highest BCUT2D eigenvalue weighted by molar-refractivity contribution is 7.89. The number of nitro groups is 1. The maximum atomic E-state index is 12.2. The SMILES string of the molecule is Cc1c([N+](=O)[O-])cccc1S(=O)(=O)NCC(C)(C)C(=O)O. The van der Waals surface area contributed by atoms with Crippen LogP contribution in [0.5, 0.6) is 0 Å². The highest BCUT2D eigenvalue weighted by Gasteiger charge is 2.30. The average molecular weight is 316 g/mol. The lowest BCUT2D eigenvalue weighted by Gasteiger charge is -2.19. The molecule has 0 spiro atoms. The van der Waals surface area contributed by atoms with Crippen molar-refractivity contribution in [3.63, 3.8) is 0 Å². The number of nitrogens with one attached hydrogen (secondary N) is 1. The number of hydrogen-bond donors (Lipinski definition) is 2. The number of sulfonamides is 1. The molecule has 0 aliphatic carbocycles. The zero-order valence-corrected chi connectivity index (χ0v) is 12.6. The van der Waals surface area contributed by atoms with Crippen LogP contribution in [0.25, 0.3) is 0 Å². The van der Waals surface area contributed by atoms with Crippen molar-refractivity contribution in [2.75, 3.05) is 6.54 Å². The third-order valence-electron chi connectivity index (χ3n) is 3.02. The molecular weight excluding hydrogens is 300 g/mol.